The van der Waals surface area contributed by atoms with Crippen LogP contribution in [0.2, 0.25) is 0 Å². The normalized spacial score (nSPS) is 20.1. The lowest BCUT2D eigenvalue weighted by atomic mass is 9.72. The monoisotopic (exact) mass is 264 g/mol. The largest absolute Gasteiger partial charge is 0.329 e. The third-order valence-corrected chi connectivity index (χ3v) is 4.45. The first-order valence-corrected chi connectivity index (χ1v) is 7.42. The average molecular weight is 264 g/mol. The van der Waals surface area contributed by atoms with Crippen molar-refractivity contribution in [1.29, 1.82) is 0 Å². The second-order valence-electron chi connectivity index (χ2n) is 6.77. The molecule has 0 unspecified atom stereocenters. The molecular weight excluding hydrogens is 236 g/mol. The maximum Gasteiger partial charge on any atom is 0.0535 e. The second-order valence-corrected chi connectivity index (χ2v) is 6.77. The number of hydrogen-bond donors (Lipinski definition) is 2. The van der Waals surface area contributed by atoms with Gasteiger partial charge in [-0.05, 0) is 38.1 Å². The SMILES string of the molecule is CN(CCN)Cc1cn[nH]c1C1CCC(C)(C)CC1. The van der Waals surface area contributed by atoms with Crippen molar-refractivity contribution < 1.29 is 0 Å². The Morgan fingerprint density at radius 2 is 2.11 bits per heavy atom. The molecule has 1 saturated carbocycles. The molecule has 1 aromatic rings. The third-order valence-electron chi connectivity index (χ3n) is 4.45. The Kier molecular flexibility index (Phi) is 4.63. The molecule has 1 heterocycles. The molecule has 0 aliphatic heterocycles. The Labute approximate surface area is 116 Å². The van der Waals surface area contributed by atoms with Gasteiger partial charge in [0.1, 0.15) is 0 Å². The Morgan fingerprint density at radius 1 is 1.42 bits per heavy atom. The van der Waals surface area contributed by atoms with Gasteiger partial charge in [-0.1, -0.05) is 13.8 Å². The maximum absolute atomic E-state index is 5.60. The molecule has 0 atom stereocenters. The molecule has 0 aromatic carbocycles. The van der Waals surface area contributed by atoms with Crippen molar-refractivity contribution in [2.24, 2.45) is 11.1 Å². The summed E-state index contributed by atoms with van der Waals surface area (Å²) in [6.07, 6.45) is 7.18. The second kappa shape index (κ2) is 6.06. The highest BCUT2D eigenvalue weighted by atomic mass is 15.1. The predicted molar refractivity (Wildman–Crippen MR) is 79.0 cm³/mol. The Morgan fingerprint density at radius 3 is 2.74 bits per heavy atom. The van der Waals surface area contributed by atoms with Crippen molar-refractivity contribution in [1.82, 2.24) is 15.1 Å². The zero-order valence-electron chi connectivity index (χ0n) is 12.6. The van der Waals surface area contributed by atoms with Gasteiger partial charge < -0.3 is 10.6 Å². The predicted octanol–water partition coefficient (Wildman–Crippen LogP) is 2.48. The van der Waals surface area contributed by atoms with Crippen LogP contribution in [-0.4, -0.2) is 35.2 Å². The van der Waals surface area contributed by atoms with E-state index in [9.17, 15) is 0 Å². The lowest BCUT2D eigenvalue weighted by molar-refractivity contribution is 0.221. The van der Waals surface area contributed by atoms with E-state index in [2.05, 4.69) is 36.0 Å². The molecule has 108 valence electrons. The first-order valence-electron chi connectivity index (χ1n) is 7.42. The zero-order valence-corrected chi connectivity index (χ0v) is 12.6. The number of nitrogens with one attached hydrogen (secondary N) is 1. The van der Waals surface area contributed by atoms with Gasteiger partial charge >= 0.3 is 0 Å². The molecule has 1 aliphatic rings. The summed E-state index contributed by atoms with van der Waals surface area (Å²) in [7, 11) is 2.12. The van der Waals surface area contributed by atoms with Gasteiger partial charge in [-0.15, -0.1) is 0 Å². The van der Waals surface area contributed by atoms with E-state index in [0.717, 1.165) is 13.1 Å². The number of H-pyrrole nitrogens is 1. The summed E-state index contributed by atoms with van der Waals surface area (Å²) in [6.45, 7) is 7.35. The van der Waals surface area contributed by atoms with Crippen LogP contribution in [-0.2, 0) is 6.54 Å². The van der Waals surface area contributed by atoms with Gasteiger partial charge in [-0.2, -0.15) is 5.10 Å². The average Bonchev–Trinajstić information content (AvgIpc) is 2.77. The van der Waals surface area contributed by atoms with Crippen molar-refractivity contribution in [3.8, 4) is 0 Å². The fourth-order valence-electron chi connectivity index (χ4n) is 3.08. The highest BCUT2D eigenvalue weighted by Crippen LogP contribution is 2.42. The fourth-order valence-corrected chi connectivity index (χ4v) is 3.08. The minimum Gasteiger partial charge on any atom is -0.329 e. The number of hydrogen-bond acceptors (Lipinski definition) is 3. The maximum atomic E-state index is 5.60. The summed E-state index contributed by atoms with van der Waals surface area (Å²) >= 11 is 0. The Hall–Kier alpha value is -0.870. The van der Waals surface area contributed by atoms with Crippen molar-refractivity contribution in [2.45, 2.75) is 52.0 Å². The molecule has 1 fully saturated rings. The van der Waals surface area contributed by atoms with E-state index in [1.165, 1.54) is 36.9 Å². The third kappa shape index (κ3) is 3.80. The molecule has 19 heavy (non-hydrogen) atoms. The molecule has 0 spiro atoms. The molecule has 0 amide bonds. The van der Waals surface area contributed by atoms with Crippen LogP contribution in [0.4, 0.5) is 0 Å². The minimum atomic E-state index is 0.521. The van der Waals surface area contributed by atoms with E-state index >= 15 is 0 Å². The zero-order chi connectivity index (χ0) is 13.9. The summed E-state index contributed by atoms with van der Waals surface area (Å²) in [5, 5.41) is 7.51. The van der Waals surface area contributed by atoms with Crippen molar-refractivity contribution in [3.05, 3.63) is 17.5 Å². The van der Waals surface area contributed by atoms with Crippen molar-refractivity contribution in [3.63, 3.8) is 0 Å². The molecule has 1 aliphatic carbocycles. The van der Waals surface area contributed by atoms with E-state index in [1.807, 2.05) is 6.20 Å². The lowest BCUT2D eigenvalue weighted by Crippen LogP contribution is -2.26. The minimum absolute atomic E-state index is 0.521. The van der Waals surface area contributed by atoms with Gasteiger partial charge in [-0.3, -0.25) is 5.10 Å². The quantitative estimate of drug-likeness (QED) is 0.859. The Bertz CT molecular complexity index is 387. The van der Waals surface area contributed by atoms with Gasteiger partial charge in [0.2, 0.25) is 0 Å². The Balaban J connectivity index is 2.00. The molecule has 0 radical (unpaired) electrons. The van der Waals surface area contributed by atoms with Crippen LogP contribution in [0.5, 0.6) is 0 Å². The number of likely N-dealkylation sites (N-methyl/N-ethyl adjacent to an activating group) is 1. The van der Waals surface area contributed by atoms with Crippen molar-refractivity contribution >= 4 is 0 Å². The molecule has 4 heteroatoms. The van der Waals surface area contributed by atoms with E-state index in [0.29, 0.717) is 17.9 Å². The topological polar surface area (TPSA) is 57.9 Å². The summed E-state index contributed by atoms with van der Waals surface area (Å²) < 4.78 is 0. The molecule has 0 saturated heterocycles. The number of nitrogens with two attached hydrogens (primary N) is 1. The van der Waals surface area contributed by atoms with Crippen LogP contribution >= 0.6 is 0 Å². The number of aromatic amines is 1. The van der Waals surface area contributed by atoms with Crippen LogP contribution in [0.1, 0.15) is 56.7 Å². The van der Waals surface area contributed by atoms with E-state index < -0.39 is 0 Å². The van der Waals surface area contributed by atoms with Crippen LogP contribution < -0.4 is 5.73 Å². The van der Waals surface area contributed by atoms with Crippen LogP contribution in [0.3, 0.4) is 0 Å². The lowest BCUT2D eigenvalue weighted by Gasteiger charge is -2.34. The summed E-state index contributed by atoms with van der Waals surface area (Å²) in [5.74, 6) is 0.664. The van der Waals surface area contributed by atoms with E-state index in [1.54, 1.807) is 0 Å². The van der Waals surface area contributed by atoms with Gasteiger partial charge in [0.25, 0.3) is 0 Å². The fraction of sp³-hybridized carbons (Fsp3) is 0.800. The standard InChI is InChI=1S/C15H28N4/c1-15(2)6-4-12(5-7-15)14-13(10-17-18-14)11-19(3)9-8-16/h10,12H,4-9,11,16H2,1-3H3,(H,17,18). The smallest absolute Gasteiger partial charge is 0.0535 e. The molecule has 1 aromatic heterocycles. The van der Waals surface area contributed by atoms with Gasteiger partial charge in [0, 0.05) is 36.8 Å². The number of nitrogens with zero attached hydrogens (tertiary/aromatic N) is 2. The molecule has 3 N–H and O–H groups in total. The highest BCUT2D eigenvalue weighted by molar-refractivity contribution is 5.21. The van der Waals surface area contributed by atoms with Crippen LogP contribution in [0.25, 0.3) is 0 Å². The van der Waals surface area contributed by atoms with Crippen molar-refractivity contribution in [2.75, 3.05) is 20.1 Å². The summed E-state index contributed by atoms with van der Waals surface area (Å²) in [5.41, 5.74) is 8.83. The van der Waals surface area contributed by atoms with Crippen LogP contribution in [0.15, 0.2) is 6.20 Å². The van der Waals surface area contributed by atoms with Gasteiger partial charge in [0.15, 0.2) is 0 Å². The highest BCUT2D eigenvalue weighted by Gasteiger charge is 2.29. The molecule has 4 nitrogen and oxygen atoms in total. The number of aromatic nitrogens is 2. The molecule has 0 bridgehead atoms. The summed E-state index contributed by atoms with van der Waals surface area (Å²) in [4.78, 5) is 2.26. The summed E-state index contributed by atoms with van der Waals surface area (Å²) in [6, 6.07) is 0. The number of rotatable bonds is 5. The van der Waals surface area contributed by atoms with Gasteiger partial charge in [0.05, 0.1) is 6.20 Å². The van der Waals surface area contributed by atoms with E-state index in [-0.39, 0.29) is 0 Å². The van der Waals surface area contributed by atoms with Gasteiger partial charge in [-0.25, -0.2) is 0 Å². The molecular formula is C15H28N4. The first-order chi connectivity index (χ1) is 9.02. The first kappa shape index (κ1) is 14.5. The van der Waals surface area contributed by atoms with Crippen LogP contribution in [0, 0.1) is 5.41 Å². The van der Waals surface area contributed by atoms with E-state index in [4.69, 9.17) is 5.73 Å². The molecule has 2 rings (SSSR count).